The van der Waals surface area contributed by atoms with Crippen LogP contribution in [-0.2, 0) is 14.2 Å². The maximum absolute atomic E-state index is 13.1. The molecule has 0 bridgehead atoms. The molecular formula is C26H28O14. The molecule has 8 unspecified atom stereocenters. The van der Waals surface area contributed by atoms with Crippen LogP contribution >= 0.6 is 0 Å². The van der Waals surface area contributed by atoms with Gasteiger partial charge in [-0.2, -0.15) is 0 Å². The molecule has 3 aromatic rings. The van der Waals surface area contributed by atoms with E-state index in [-0.39, 0.29) is 28.0 Å². The molecule has 0 amide bonds. The monoisotopic (exact) mass is 564 g/mol. The van der Waals surface area contributed by atoms with Gasteiger partial charge in [-0.1, -0.05) is 12.1 Å². The largest absolute Gasteiger partial charge is 0.508 e. The summed E-state index contributed by atoms with van der Waals surface area (Å²) >= 11 is 0. The minimum atomic E-state index is -1.93. The fourth-order valence-corrected chi connectivity index (χ4v) is 4.53. The van der Waals surface area contributed by atoms with Gasteiger partial charge >= 0.3 is 0 Å². The summed E-state index contributed by atoms with van der Waals surface area (Å²) in [4.78, 5) is 13.1. The molecule has 1 aromatic heterocycles. The first-order chi connectivity index (χ1) is 19.0. The van der Waals surface area contributed by atoms with E-state index in [4.69, 9.17) is 23.4 Å². The van der Waals surface area contributed by atoms with Crippen LogP contribution in [0.3, 0.4) is 0 Å². The number of phenolic OH excluding ortho intramolecular Hbond substituents is 2. The molecular weight excluding hydrogens is 536 g/mol. The van der Waals surface area contributed by atoms with Crippen molar-refractivity contribution < 1.29 is 64.2 Å². The molecule has 5 rings (SSSR count). The fraction of sp³-hybridized carbons (Fsp3) is 0.423. The van der Waals surface area contributed by atoms with E-state index in [1.807, 2.05) is 0 Å². The summed E-state index contributed by atoms with van der Waals surface area (Å²) in [5, 5.41) is 80.6. The fourth-order valence-electron chi connectivity index (χ4n) is 4.53. The van der Waals surface area contributed by atoms with Crippen molar-refractivity contribution in [1.29, 1.82) is 0 Å². The van der Waals surface area contributed by atoms with E-state index >= 15 is 0 Å². The SMILES string of the molecule is O=c1c(-c2ccc(O)cc2)coc2cc(OC3OC(COC4OCC(O)(CO)C4O)C(O)C(O)C3O)cc(O)c12. The van der Waals surface area contributed by atoms with Crippen LogP contribution in [0.4, 0.5) is 0 Å². The average Bonchev–Trinajstić information content (AvgIpc) is 3.22. The van der Waals surface area contributed by atoms with Crippen LogP contribution in [0.25, 0.3) is 22.1 Å². The molecule has 8 atom stereocenters. The lowest BCUT2D eigenvalue weighted by molar-refractivity contribution is -0.289. The topological polar surface area (TPSA) is 229 Å². The number of hydrogen-bond acceptors (Lipinski definition) is 14. The van der Waals surface area contributed by atoms with Crippen molar-refractivity contribution in [3.63, 3.8) is 0 Å². The predicted octanol–water partition coefficient (Wildman–Crippen LogP) is -1.49. The molecule has 14 heteroatoms. The van der Waals surface area contributed by atoms with Gasteiger partial charge in [-0.25, -0.2) is 0 Å². The van der Waals surface area contributed by atoms with Crippen LogP contribution in [0.5, 0.6) is 17.2 Å². The Labute approximate surface area is 225 Å². The number of fused-ring (bicyclic) bond motifs is 1. The molecule has 2 aromatic carbocycles. The van der Waals surface area contributed by atoms with Crippen LogP contribution < -0.4 is 10.2 Å². The van der Waals surface area contributed by atoms with Crippen molar-refractivity contribution in [3.8, 4) is 28.4 Å². The first-order valence-electron chi connectivity index (χ1n) is 12.2. The number of phenols is 2. The minimum absolute atomic E-state index is 0.00969. The standard InChI is InChI=1S/C26H28O14/c27-9-26(35)10-38-25(23(26)34)37-8-17-20(31)21(32)22(33)24(40-17)39-13-5-15(29)18-16(6-13)36-7-14(19(18)30)11-1-3-12(28)4-2-11/h1-7,17,20-25,27-29,31-35H,8-10H2. The molecule has 216 valence electrons. The van der Waals surface area contributed by atoms with E-state index in [0.29, 0.717) is 5.56 Å². The van der Waals surface area contributed by atoms with Crippen LogP contribution in [0.1, 0.15) is 0 Å². The van der Waals surface area contributed by atoms with Gasteiger partial charge in [-0.05, 0) is 17.7 Å². The molecule has 2 aliphatic rings. The van der Waals surface area contributed by atoms with Gasteiger partial charge in [0.2, 0.25) is 11.7 Å². The van der Waals surface area contributed by atoms with Crippen LogP contribution in [0.15, 0.2) is 51.9 Å². The quantitative estimate of drug-likeness (QED) is 0.164. The summed E-state index contributed by atoms with van der Waals surface area (Å²) in [6.45, 7) is -1.67. The number of benzene rings is 2. The Morgan fingerprint density at radius 3 is 2.38 bits per heavy atom. The van der Waals surface area contributed by atoms with Crippen LogP contribution in [0, 0.1) is 0 Å². The maximum atomic E-state index is 13.1. The zero-order valence-electron chi connectivity index (χ0n) is 20.7. The normalized spacial score (nSPS) is 32.4. The third kappa shape index (κ3) is 5.12. The van der Waals surface area contributed by atoms with Gasteiger partial charge in [-0.3, -0.25) is 4.79 Å². The van der Waals surface area contributed by atoms with Crippen molar-refractivity contribution in [1.82, 2.24) is 0 Å². The highest BCUT2D eigenvalue weighted by Crippen LogP contribution is 2.33. The Morgan fingerprint density at radius 2 is 1.70 bits per heavy atom. The molecule has 8 N–H and O–H groups in total. The second kappa shape index (κ2) is 10.9. The first-order valence-corrected chi connectivity index (χ1v) is 12.2. The molecule has 2 fully saturated rings. The third-order valence-electron chi connectivity index (χ3n) is 6.93. The Kier molecular flexibility index (Phi) is 7.71. The molecule has 0 spiro atoms. The zero-order valence-corrected chi connectivity index (χ0v) is 20.7. The van der Waals surface area contributed by atoms with E-state index in [1.165, 1.54) is 36.6 Å². The second-order valence-electron chi connectivity index (χ2n) is 9.69. The number of aromatic hydroxyl groups is 2. The minimum Gasteiger partial charge on any atom is -0.508 e. The zero-order chi connectivity index (χ0) is 28.8. The Balaban J connectivity index is 1.33. The maximum Gasteiger partial charge on any atom is 0.229 e. The van der Waals surface area contributed by atoms with Gasteiger partial charge in [0.25, 0.3) is 0 Å². The Hall–Kier alpha value is -3.31. The number of aliphatic hydroxyl groups excluding tert-OH is 5. The van der Waals surface area contributed by atoms with E-state index in [2.05, 4.69) is 0 Å². The lowest BCUT2D eigenvalue weighted by atomic mass is 9.99. The summed E-state index contributed by atoms with van der Waals surface area (Å²) in [7, 11) is 0. The average molecular weight is 564 g/mol. The van der Waals surface area contributed by atoms with E-state index in [9.17, 15) is 45.6 Å². The summed E-state index contributed by atoms with van der Waals surface area (Å²) < 4.78 is 27.2. The van der Waals surface area contributed by atoms with Crippen molar-refractivity contribution >= 4 is 11.0 Å². The smallest absolute Gasteiger partial charge is 0.229 e. The van der Waals surface area contributed by atoms with Gasteiger partial charge in [0.15, 0.2) is 6.29 Å². The molecule has 14 nitrogen and oxygen atoms in total. The van der Waals surface area contributed by atoms with Crippen molar-refractivity contribution in [2.45, 2.75) is 48.7 Å². The van der Waals surface area contributed by atoms with Crippen molar-refractivity contribution in [3.05, 3.63) is 52.9 Å². The van der Waals surface area contributed by atoms with Crippen molar-refractivity contribution in [2.24, 2.45) is 0 Å². The Morgan fingerprint density at radius 1 is 0.975 bits per heavy atom. The van der Waals surface area contributed by atoms with Crippen LogP contribution in [0.2, 0.25) is 0 Å². The first kappa shape index (κ1) is 28.2. The molecule has 3 heterocycles. The van der Waals surface area contributed by atoms with E-state index < -0.39 is 79.7 Å². The summed E-state index contributed by atoms with van der Waals surface area (Å²) in [5.41, 5.74) is -1.96. The lowest BCUT2D eigenvalue weighted by Crippen LogP contribution is -2.60. The third-order valence-corrected chi connectivity index (χ3v) is 6.93. The number of ether oxygens (including phenoxy) is 4. The van der Waals surface area contributed by atoms with E-state index in [0.717, 1.165) is 6.07 Å². The summed E-state index contributed by atoms with van der Waals surface area (Å²) in [6.07, 6.45) is -9.84. The highest BCUT2D eigenvalue weighted by atomic mass is 16.7. The molecule has 2 aliphatic heterocycles. The molecule has 40 heavy (non-hydrogen) atoms. The van der Waals surface area contributed by atoms with Gasteiger partial charge in [0, 0.05) is 12.1 Å². The van der Waals surface area contributed by atoms with Gasteiger partial charge in [-0.15, -0.1) is 0 Å². The summed E-state index contributed by atoms with van der Waals surface area (Å²) in [5.74, 6) is -0.604. The number of aliphatic hydroxyl groups is 6. The molecule has 0 radical (unpaired) electrons. The van der Waals surface area contributed by atoms with Crippen LogP contribution in [-0.4, -0.2) is 109 Å². The van der Waals surface area contributed by atoms with Gasteiger partial charge in [0.05, 0.1) is 25.4 Å². The Bertz CT molecular complexity index is 1410. The lowest BCUT2D eigenvalue weighted by Gasteiger charge is -2.40. The van der Waals surface area contributed by atoms with E-state index in [1.54, 1.807) is 0 Å². The molecule has 0 aliphatic carbocycles. The van der Waals surface area contributed by atoms with Gasteiger partial charge < -0.3 is 64.2 Å². The van der Waals surface area contributed by atoms with Crippen molar-refractivity contribution in [2.75, 3.05) is 19.8 Å². The number of rotatable bonds is 7. The highest BCUT2D eigenvalue weighted by molar-refractivity contribution is 5.88. The predicted molar refractivity (Wildman–Crippen MR) is 132 cm³/mol. The summed E-state index contributed by atoms with van der Waals surface area (Å²) in [6, 6.07) is 8.15. The molecule has 2 saturated heterocycles. The number of hydrogen-bond donors (Lipinski definition) is 8. The molecule has 0 saturated carbocycles. The van der Waals surface area contributed by atoms with Gasteiger partial charge in [0.1, 0.15) is 70.6 Å². The highest BCUT2D eigenvalue weighted by Gasteiger charge is 2.50. The second-order valence-corrected chi connectivity index (χ2v) is 9.69.